The van der Waals surface area contributed by atoms with E-state index in [-0.39, 0.29) is 19.4 Å². The molecule has 64 heavy (non-hydrogen) atoms. The van der Waals surface area contributed by atoms with Crippen LogP contribution in [0.3, 0.4) is 0 Å². The fraction of sp³-hybridized carbons (Fsp3) is 0.882. The van der Waals surface area contributed by atoms with Crippen LogP contribution in [0.4, 0.5) is 0 Å². The topological polar surface area (TPSA) is 186 Å². The molecule has 1 heterocycles. The Kier molecular flexibility index (Phi) is 38.8. The van der Waals surface area contributed by atoms with Gasteiger partial charge in [-0.1, -0.05) is 199 Å². The molecule has 0 bridgehead atoms. The van der Waals surface area contributed by atoms with Crippen molar-refractivity contribution in [2.75, 3.05) is 19.0 Å². The minimum atomic E-state index is -4.60. The van der Waals surface area contributed by atoms with Crippen LogP contribution >= 0.6 is 0 Å². The maximum Gasteiger partial charge on any atom is 0.306 e. The van der Waals surface area contributed by atoms with Crippen LogP contribution in [0.1, 0.15) is 232 Å². The molecule has 4 N–H and O–H groups in total. The first kappa shape index (κ1) is 60.1. The van der Waals surface area contributed by atoms with Crippen molar-refractivity contribution in [1.82, 2.24) is 0 Å². The number of carbonyl (C=O) groups excluding carboxylic acids is 2. The van der Waals surface area contributed by atoms with Crippen LogP contribution in [0.15, 0.2) is 24.3 Å². The van der Waals surface area contributed by atoms with Gasteiger partial charge in [0.15, 0.2) is 12.4 Å². The predicted octanol–water partition coefficient (Wildman–Crippen LogP) is 11.6. The van der Waals surface area contributed by atoms with Crippen LogP contribution in [0.5, 0.6) is 0 Å². The van der Waals surface area contributed by atoms with Gasteiger partial charge in [0, 0.05) is 12.8 Å². The lowest BCUT2D eigenvalue weighted by molar-refractivity contribution is -0.297. The second-order valence-corrected chi connectivity index (χ2v) is 19.7. The van der Waals surface area contributed by atoms with Gasteiger partial charge in [-0.2, -0.15) is 8.42 Å². The van der Waals surface area contributed by atoms with Crippen molar-refractivity contribution >= 4 is 22.1 Å². The molecule has 1 aliphatic heterocycles. The smallest absolute Gasteiger partial charge is 0.306 e. The van der Waals surface area contributed by atoms with Gasteiger partial charge in [0.05, 0.1) is 6.61 Å². The van der Waals surface area contributed by atoms with Crippen molar-refractivity contribution in [1.29, 1.82) is 0 Å². The highest BCUT2D eigenvalue weighted by Gasteiger charge is 2.46. The standard InChI is InChI=1S/C51H94O12S/c1-3-5-7-9-11-13-15-17-19-21-22-24-25-27-29-31-33-35-37-39-46(52)60-41-44(42-61-51-50(56)49(55)48(54)45(63-51)43-64(57,58)59)62-47(53)40-38-36-34-32-30-28-26-23-20-18-16-14-12-10-8-6-4-2/h11,13,17,19,44-45,48-51,54-56H,3-10,12,14-16,18,20-43H2,1-2H3,(H,57,58,59)/b13-11+,19-17+/t44-,45-,48-,49?,50?,51+/m1/s1. The number of carbonyl (C=O) groups is 2. The molecule has 0 radical (unpaired) electrons. The highest BCUT2D eigenvalue weighted by Crippen LogP contribution is 2.24. The number of rotatable bonds is 44. The largest absolute Gasteiger partial charge is 0.462 e. The van der Waals surface area contributed by atoms with Crippen molar-refractivity contribution in [2.45, 2.75) is 269 Å². The minimum Gasteiger partial charge on any atom is -0.462 e. The molecule has 376 valence electrons. The van der Waals surface area contributed by atoms with E-state index >= 15 is 0 Å². The van der Waals surface area contributed by atoms with Crippen molar-refractivity contribution in [3.63, 3.8) is 0 Å². The predicted molar refractivity (Wildman–Crippen MR) is 256 cm³/mol. The summed E-state index contributed by atoms with van der Waals surface area (Å²) in [5.74, 6) is -1.97. The van der Waals surface area contributed by atoms with Crippen molar-refractivity contribution < 1.29 is 56.8 Å². The van der Waals surface area contributed by atoms with E-state index in [2.05, 4.69) is 38.2 Å². The second kappa shape index (κ2) is 41.3. The van der Waals surface area contributed by atoms with E-state index in [0.717, 1.165) is 51.4 Å². The highest BCUT2D eigenvalue weighted by molar-refractivity contribution is 7.85. The highest BCUT2D eigenvalue weighted by atomic mass is 32.2. The monoisotopic (exact) mass is 931 g/mol. The maximum atomic E-state index is 12.9. The number of aliphatic hydroxyl groups is 3. The van der Waals surface area contributed by atoms with Crippen molar-refractivity contribution in [3.05, 3.63) is 24.3 Å². The van der Waals surface area contributed by atoms with Gasteiger partial charge in [-0.25, -0.2) is 0 Å². The Morgan fingerprint density at radius 1 is 0.531 bits per heavy atom. The minimum absolute atomic E-state index is 0.168. The molecular weight excluding hydrogens is 837 g/mol. The summed E-state index contributed by atoms with van der Waals surface area (Å²) < 4.78 is 54.2. The Hall–Kier alpha value is -1.87. The van der Waals surface area contributed by atoms with Crippen molar-refractivity contribution in [3.8, 4) is 0 Å². The van der Waals surface area contributed by atoms with Gasteiger partial charge in [0.25, 0.3) is 10.1 Å². The molecule has 12 nitrogen and oxygen atoms in total. The van der Waals surface area contributed by atoms with Crippen LogP contribution in [0, 0.1) is 0 Å². The van der Waals surface area contributed by atoms with Gasteiger partial charge in [0.1, 0.15) is 36.8 Å². The average Bonchev–Trinajstić information content (AvgIpc) is 3.26. The van der Waals surface area contributed by atoms with Gasteiger partial charge in [-0.15, -0.1) is 0 Å². The summed E-state index contributed by atoms with van der Waals surface area (Å²) in [7, 11) is -4.60. The number of hydrogen-bond donors (Lipinski definition) is 4. The molecule has 0 saturated carbocycles. The lowest BCUT2D eigenvalue weighted by atomic mass is 10.00. The number of unbranched alkanes of at least 4 members (excludes halogenated alkanes) is 28. The molecule has 6 atom stereocenters. The van der Waals surface area contributed by atoms with E-state index in [0.29, 0.717) is 12.8 Å². The summed E-state index contributed by atoms with van der Waals surface area (Å²) in [6.45, 7) is 3.77. The third-order valence-electron chi connectivity index (χ3n) is 12.0. The Morgan fingerprint density at radius 2 is 0.938 bits per heavy atom. The summed E-state index contributed by atoms with van der Waals surface area (Å²) in [5, 5.41) is 31.0. The Morgan fingerprint density at radius 3 is 1.41 bits per heavy atom. The fourth-order valence-electron chi connectivity index (χ4n) is 8.00. The first-order chi connectivity index (χ1) is 31.0. The van der Waals surface area contributed by atoms with E-state index in [1.807, 2.05) is 0 Å². The third-order valence-corrected chi connectivity index (χ3v) is 12.8. The second-order valence-electron chi connectivity index (χ2n) is 18.2. The van der Waals surface area contributed by atoms with Crippen LogP contribution in [0.25, 0.3) is 0 Å². The fourth-order valence-corrected chi connectivity index (χ4v) is 8.69. The third kappa shape index (κ3) is 35.3. The molecule has 13 heteroatoms. The summed E-state index contributed by atoms with van der Waals surface area (Å²) in [6, 6.07) is 0. The molecule has 0 aromatic heterocycles. The lowest BCUT2D eigenvalue weighted by Crippen LogP contribution is -2.60. The average molecular weight is 931 g/mol. The first-order valence-corrected chi connectivity index (χ1v) is 27.5. The van der Waals surface area contributed by atoms with Crippen LogP contribution in [0.2, 0.25) is 0 Å². The van der Waals surface area contributed by atoms with E-state index in [1.165, 1.54) is 141 Å². The zero-order valence-electron chi connectivity index (χ0n) is 40.4. The first-order valence-electron chi connectivity index (χ1n) is 25.9. The number of allylic oxidation sites excluding steroid dienone is 4. The van der Waals surface area contributed by atoms with Crippen LogP contribution in [-0.2, 0) is 38.7 Å². The van der Waals surface area contributed by atoms with Crippen molar-refractivity contribution in [2.24, 2.45) is 0 Å². The van der Waals surface area contributed by atoms with E-state index in [4.69, 9.17) is 18.9 Å². The molecule has 0 aromatic rings. The SMILES string of the molecule is CCCCC/C=C/C/C=C/CCCCCCCCCCCC(=O)OC[C@H](CO[C@H]1O[C@H](CS(=O)(=O)O)[C@@H](O)C(O)C1O)OC(=O)CCCCCCCCCCCCCCCCCCC. The zero-order valence-corrected chi connectivity index (χ0v) is 41.2. The molecule has 1 rings (SSSR count). The number of esters is 2. The lowest BCUT2D eigenvalue weighted by Gasteiger charge is -2.40. The molecular formula is C51H94O12S. The summed E-state index contributed by atoms with van der Waals surface area (Å²) in [5.41, 5.74) is 0. The molecule has 0 amide bonds. The maximum absolute atomic E-state index is 12.9. The van der Waals surface area contributed by atoms with Crippen LogP contribution in [-0.4, -0.2) is 96.0 Å². The zero-order chi connectivity index (χ0) is 46.9. The number of hydrogen-bond acceptors (Lipinski definition) is 11. The molecule has 1 aliphatic rings. The molecule has 2 unspecified atom stereocenters. The van der Waals surface area contributed by atoms with E-state index in [1.54, 1.807) is 0 Å². The number of aliphatic hydroxyl groups excluding tert-OH is 3. The quantitative estimate of drug-likeness (QED) is 0.0196. The Bertz CT molecular complexity index is 1270. The molecule has 0 aromatic carbocycles. The van der Waals surface area contributed by atoms with Gasteiger partial charge in [0.2, 0.25) is 0 Å². The van der Waals surface area contributed by atoms with Gasteiger partial charge in [-0.3, -0.25) is 14.1 Å². The van der Waals surface area contributed by atoms with Crippen LogP contribution < -0.4 is 0 Å². The Balaban J connectivity index is 2.36. The van der Waals surface area contributed by atoms with E-state index < -0.39 is 71.2 Å². The van der Waals surface area contributed by atoms with Gasteiger partial charge < -0.3 is 34.3 Å². The summed E-state index contributed by atoms with van der Waals surface area (Å²) >= 11 is 0. The van der Waals surface area contributed by atoms with Gasteiger partial charge >= 0.3 is 11.9 Å². The molecule has 0 spiro atoms. The molecule has 0 aliphatic carbocycles. The van der Waals surface area contributed by atoms with E-state index in [9.17, 15) is 37.9 Å². The molecule has 1 saturated heterocycles. The summed E-state index contributed by atoms with van der Waals surface area (Å²) in [6.07, 6.45) is 37.8. The van der Waals surface area contributed by atoms with Gasteiger partial charge in [-0.05, 0) is 44.9 Å². The normalized spacial score (nSPS) is 19.8. The Labute approximate surface area is 389 Å². The summed E-state index contributed by atoms with van der Waals surface area (Å²) in [4.78, 5) is 25.5. The molecule has 1 fully saturated rings. The number of ether oxygens (including phenoxy) is 4.